The van der Waals surface area contributed by atoms with E-state index >= 15 is 0 Å². The topological polar surface area (TPSA) is 66.8 Å². The molecule has 0 radical (unpaired) electrons. The number of rotatable bonds is 3. The van der Waals surface area contributed by atoms with Crippen LogP contribution in [0.1, 0.15) is 36.8 Å². The Bertz CT molecular complexity index is 628. The van der Waals surface area contributed by atoms with Crippen LogP contribution in [-0.2, 0) is 22.4 Å². The number of benzene rings is 1. The minimum Gasteiger partial charge on any atom is -0.496 e. The van der Waals surface area contributed by atoms with Crippen molar-refractivity contribution in [2.75, 3.05) is 20.2 Å². The van der Waals surface area contributed by atoms with E-state index in [0.717, 1.165) is 31.4 Å². The van der Waals surface area contributed by atoms with Crippen molar-refractivity contribution in [3.05, 3.63) is 29.3 Å². The van der Waals surface area contributed by atoms with Crippen LogP contribution in [0.2, 0.25) is 0 Å². The standard InChI is InChI=1S/C19H25NO4/c1-24-17-7-3-4-13-8-10-20(11-9-16(13)17)18(21)14-5-2-6-15(12-14)19(22)23/h3-4,7,14-15H,2,5-6,8-12H2,1H3,(H,22,23). The van der Waals surface area contributed by atoms with Crippen molar-refractivity contribution in [1.82, 2.24) is 4.90 Å². The summed E-state index contributed by atoms with van der Waals surface area (Å²) in [5.74, 6) is -0.237. The maximum absolute atomic E-state index is 12.9. The molecule has 2 aliphatic rings. The Morgan fingerprint density at radius 1 is 1.17 bits per heavy atom. The molecule has 3 rings (SSSR count). The molecule has 1 aliphatic carbocycles. The lowest BCUT2D eigenvalue weighted by molar-refractivity contribution is -0.145. The smallest absolute Gasteiger partial charge is 0.306 e. The van der Waals surface area contributed by atoms with Crippen LogP contribution >= 0.6 is 0 Å². The fraction of sp³-hybridized carbons (Fsp3) is 0.579. The largest absolute Gasteiger partial charge is 0.496 e. The number of carbonyl (C=O) groups excluding carboxylic acids is 1. The zero-order valence-electron chi connectivity index (χ0n) is 14.2. The van der Waals surface area contributed by atoms with Crippen LogP contribution in [0.4, 0.5) is 0 Å². The number of nitrogens with zero attached hydrogens (tertiary/aromatic N) is 1. The lowest BCUT2D eigenvalue weighted by Gasteiger charge is -2.30. The minimum absolute atomic E-state index is 0.132. The molecule has 1 heterocycles. The molecule has 0 aromatic heterocycles. The second-order valence-electron chi connectivity index (χ2n) is 6.82. The number of fused-ring (bicyclic) bond motifs is 1. The van der Waals surface area contributed by atoms with Gasteiger partial charge in [0.2, 0.25) is 5.91 Å². The van der Waals surface area contributed by atoms with Crippen LogP contribution < -0.4 is 4.74 Å². The molecule has 24 heavy (non-hydrogen) atoms. The van der Waals surface area contributed by atoms with Crippen molar-refractivity contribution >= 4 is 11.9 Å². The van der Waals surface area contributed by atoms with Gasteiger partial charge < -0.3 is 14.7 Å². The number of carboxylic acid groups (broad SMARTS) is 1. The fourth-order valence-electron chi connectivity index (χ4n) is 4.05. The highest BCUT2D eigenvalue weighted by Gasteiger charge is 2.33. The molecule has 1 aliphatic heterocycles. The van der Waals surface area contributed by atoms with Crippen LogP contribution in [0.15, 0.2) is 18.2 Å². The van der Waals surface area contributed by atoms with Crippen molar-refractivity contribution in [3.8, 4) is 5.75 Å². The first-order valence-electron chi connectivity index (χ1n) is 8.76. The van der Waals surface area contributed by atoms with Gasteiger partial charge >= 0.3 is 5.97 Å². The summed E-state index contributed by atoms with van der Waals surface area (Å²) in [6.07, 6.45) is 4.45. The Labute approximate surface area is 142 Å². The Kier molecular flexibility index (Phi) is 5.07. The van der Waals surface area contributed by atoms with Crippen molar-refractivity contribution in [3.63, 3.8) is 0 Å². The second kappa shape index (κ2) is 7.24. The van der Waals surface area contributed by atoms with E-state index in [4.69, 9.17) is 4.74 Å². The van der Waals surface area contributed by atoms with Gasteiger partial charge in [-0.25, -0.2) is 0 Å². The van der Waals surface area contributed by atoms with Crippen molar-refractivity contribution < 1.29 is 19.4 Å². The number of aliphatic carboxylic acids is 1. The molecule has 1 aromatic carbocycles. The average Bonchev–Trinajstić information content (AvgIpc) is 2.83. The van der Waals surface area contributed by atoms with Gasteiger partial charge in [-0.2, -0.15) is 0 Å². The van der Waals surface area contributed by atoms with Gasteiger partial charge in [0.1, 0.15) is 5.75 Å². The molecular formula is C19H25NO4. The van der Waals surface area contributed by atoms with E-state index in [0.29, 0.717) is 25.9 Å². The Balaban J connectivity index is 1.68. The SMILES string of the molecule is COc1cccc2c1CCN(C(=O)C1CCCC(C(=O)O)C1)CC2. The molecule has 2 unspecified atom stereocenters. The molecular weight excluding hydrogens is 306 g/mol. The predicted molar refractivity (Wildman–Crippen MR) is 90.1 cm³/mol. The van der Waals surface area contributed by atoms with E-state index in [1.54, 1.807) is 7.11 Å². The third kappa shape index (κ3) is 3.40. The molecule has 1 aromatic rings. The summed E-state index contributed by atoms with van der Waals surface area (Å²) in [5, 5.41) is 9.23. The summed E-state index contributed by atoms with van der Waals surface area (Å²) in [4.78, 5) is 26.0. The van der Waals surface area contributed by atoms with E-state index in [2.05, 4.69) is 6.07 Å². The van der Waals surface area contributed by atoms with E-state index < -0.39 is 5.97 Å². The van der Waals surface area contributed by atoms with Crippen LogP contribution in [0.3, 0.4) is 0 Å². The Morgan fingerprint density at radius 3 is 2.67 bits per heavy atom. The summed E-state index contributed by atoms with van der Waals surface area (Å²) in [5.41, 5.74) is 2.44. The summed E-state index contributed by atoms with van der Waals surface area (Å²) >= 11 is 0. The quantitative estimate of drug-likeness (QED) is 0.924. The first-order chi connectivity index (χ1) is 11.6. The van der Waals surface area contributed by atoms with Gasteiger partial charge in [-0.05, 0) is 49.3 Å². The van der Waals surface area contributed by atoms with Crippen LogP contribution in [0.5, 0.6) is 5.75 Å². The maximum Gasteiger partial charge on any atom is 0.306 e. The maximum atomic E-state index is 12.9. The molecule has 2 atom stereocenters. The van der Waals surface area contributed by atoms with Gasteiger partial charge in [-0.3, -0.25) is 9.59 Å². The van der Waals surface area contributed by atoms with Crippen LogP contribution in [-0.4, -0.2) is 42.1 Å². The second-order valence-corrected chi connectivity index (χ2v) is 6.82. The van der Waals surface area contributed by atoms with E-state index in [1.807, 2.05) is 17.0 Å². The van der Waals surface area contributed by atoms with Gasteiger partial charge in [0.15, 0.2) is 0 Å². The number of methoxy groups -OCH3 is 1. The van der Waals surface area contributed by atoms with Crippen molar-refractivity contribution in [1.29, 1.82) is 0 Å². The van der Waals surface area contributed by atoms with Gasteiger partial charge in [-0.15, -0.1) is 0 Å². The van der Waals surface area contributed by atoms with Gasteiger partial charge in [0.05, 0.1) is 13.0 Å². The third-order valence-electron chi connectivity index (χ3n) is 5.42. The lowest BCUT2D eigenvalue weighted by atomic mass is 9.80. The number of ether oxygens (including phenoxy) is 1. The zero-order valence-corrected chi connectivity index (χ0v) is 14.2. The summed E-state index contributed by atoms with van der Waals surface area (Å²) in [6, 6.07) is 6.07. The van der Waals surface area contributed by atoms with E-state index in [-0.39, 0.29) is 17.7 Å². The number of hydrogen-bond acceptors (Lipinski definition) is 3. The molecule has 1 amide bonds. The normalized spacial score (nSPS) is 24.0. The van der Waals surface area contributed by atoms with Crippen LogP contribution in [0, 0.1) is 11.8 Å². The van der Waals surface area contributed by atoms with Crippen molar-refractivity contribution in [2.45, 2.75) is 38.5 Å². The first-order valence-corrected chi connectivity index (χ1v) is 8.76. The number of hydrogen-bond donors (Lipinski definition) is 1. The molecule has 1 saturated carbocycles. The molecule has 0 spiro atoms. The molecule has 0 bridgehead atoms. The van der Waals surface area contributed by atoms with Crippen LogP contribution in [0.25, 0.3) is 0 Å². The van der Waals surface area contributed by atoms with Gasteiger partial charge in [0, 0.05) is 19.0 Å². The zero-order chi connectivity index (χ0) is 17.1. The predicted octanol–water partition coefficient (Wildman–Crippen LogP) is 2.51. The molecule has 130 valence electrons. The van der Waals surface area contributed by atoms with Crippen molar-refractivity contribution in [2.24, 2.45) is 11.8 Å². The molecule has 1 N–H and O–H groups in total. The summed E-state index contributed by atoms with van der Waals surface area (Å²) in [7, 11) is 1.68. The lowest BCUT2D eigenvalue weighted by Crippen LogP contribution is -2.40. The molecule has 5 heteroatoms. The van der Waals surface area contributed by atoms with E-state index in [9.17, 15) is 14.7 Å². The third-order valence-corrected chi connectivity index (χ3v) is 5.42. The molecule has 1 fully saturated rings. The van der Waals surface area contributed by atoms with Gasteiger partial charge in [0.25, 0.3) is 0 Å². The monoisotopic (exact) mass is 331 g/mol. The number of carbonyl (C=O) groups is 2. The Morgan fingerprint density at radius 2 is 1.92 bits per heavy atom. The van der Waals surface area contributed by atoms with Gasteiger partial charge in [-0.1, -0.05) is 18.6 Å². The molecule has 5 nitrogen and oxygen atoms in total. The number of carboxylic acids is 1. The van der Waals surface area contributed by atoms with E-state index in [1.165, 1.54) is 11.1 Å². The highest BCUT2D eigenvalue weighted by Crippen LogP contribution is 2.32. The summed E-state index contributed by atoms with van der Waals surface area (Å²) < 4.78 is 5.45. The first kappa shape index (κ1) is 16.8. The number of amides is 1. The molecule has 0 saturated heterocycles. The minimum atomic E-state index is -0.763. The average molecular weight is 331 g/mol. The highest BCUT2D eigenvalue weighted by atomic mass is 16.5. The highest BCUT2D eigenvalue weighted by molar-refractivity contribution is 5.80. The fourth-order valence-corrected chi connectivity index (χ4v) is 4.05. The Hall–Kier alpha value is -2.04. The summed E-state index contributed by atoms with van der Waals surface area (Å²) in [6.45, 7) is 1.38.